The maximum atomic E-state index is 12.4. The van der Waals surface area contributed by atoms with E-state index in [9.17, 15) is 9.59 Å². The van der Waals surface area contributed by atoms with Crippen LogP contribution in [0.25, 0.3) is 9.40 Å². The van der Waals surface area contributed by atoms with Crippen LogP contribution in [0.2, 0.25) is 0 Å². The molecule has 2 aromatic heterocycles. The molecule has 2 N–H and O–H groups in total. The molecule has 0 aromatic carbocycles. The van der Waals surface area contributed by atoms with Gasteiger partial charge >= 0.3 is 5.97 Å². The molecule has 3 rings (SSSR count). The van der Waals surface area contributed by atoms with Crippen molar-refractivity contribution in [2.75, 3.05) is 13.2 Å². The van der Waals surface area contributed by atoms with Crippen LogP contribution in [0.5, 0.6) is 0 Å². The van der Waals surface area contributed by atoms with Crippen LogP contribution in [0.15, 0.2) is 17.5 Å². The summed E-state index contributed by atoms with van der Waals surface area (Å²) in [5.74, 6) is -1.09. The van der Waals surface area contributed by atoms with Gasteiger partial charge in [0.15, 0.2) is 0 Å². The molecule has 3 heterocycles. The van der Waals surface area contributed by atoms with Crippen molar-refractivity contribution in [3.8, 4) is 0 Å². The molecular weight excluding hydrogens is 310 g/mol. The third kappa shape index (κ3) is 3.09. The summed E-state index contributed by atoms with van der Waals surface area (Å²) in [5, 5.41) is 14.0. The molecular formula is C14H15NO4S2. The number of fused-ring (bicyclic) bond motifs is 1. The monoisotopic (exact) mass is 325 g/mol. The highest BCUT2D eigenvalue weighted by Crippen LogP contribution is 2.31. The van der Waals surface area contributed by atoms with Crippen LogP contribution in [-0.2, 0) is 9.53 Å². The number of hydrogen-bond donors (Lipinski definition) is 2. The molecule has 1 aliphatic rings. The number of carboxylic acids is 1. The maximum absolute atomic E-state index is 12.4. The van der Waals surface area contributed by atoms with Crippen molar-refractivity contribution in [1.29, 1.82) is 0 Å². The lowest BCUT2D eigenvalue weighted by atomic mass is 9.86. The van der Waals surface area contributed by atoms with Gasteiger partial charge in [-0.2, -0.15) is 0 Å². The zero-order valence-corrected chi connectivity index (χ0v) is 12.9. The topological polar surface area (TPSA) is 75.6 Å². The molecule has 5 nitrogen and oxygen atoms in total. The summed E-state index contributed by atoms with van der Waals surface area (Å²) in [5.41, 5.74) is -0.696. The number of carboxylic acid groups (broad SMARTS) is 1. The summed E-state index contributed by atoms with van der Waals surface area (Å²) in [6.45, 7) is 0.959. The summed E-state index contributed by atoms with van der Waals surface area (Å²) in [4.78, 5) is 24.2. The quantitative estimate of drug-likeness (QED) is 0.906. The van der Waals surface area contributed by atoms with Crippen molar-refractivity contribution < 1.29 is 19.4 Å². The van der Waals surface area contributed by atoms with Crippen LogP contribution < -0.4 is 5.32 Å². The van der Waals surface area contributed by atoms with Gasteiger partial charge in [0.25, 0.3) is 5.91 Å². The van der Waals surface area contributed by atoms with E-state index >= 15 is 0 Å². The third-order valence-electron chi connectivity index (χ3n) is 3.68. The first-order valence-corrected chi connectivity index (χ1v) is 8.37. The van der Waals surface area contributed by atoms with Gasteiger partial charge in [0, 0.05) is 22.6 Å². The first-order chi connectivity index (χ1) is 10.1. The molecule has 7 heteroatoms. The maximum Gasteiger partial charge on any atom is 0.305 e. The van der Waals surface area contributed by atoms with Crippen molar-refractivity contribution in [3.63, 3.8) is 0 Å². The van der Waals surface area contributed by atoms with Gasteiger partial charge in [0.05, 0.1) is 16.8 Å². The minimum atomic E-state index is -0.899. The van der Waals surface area contributed by atoms with E-state index in [1.165, 1.54) is 11.3 Å². The minimum Gasteiger partial charge on any atom is -0.481 e. The molecule has 1 fully saturated rings. The molecule has 0 unspecified atom stereocenters. The van der Waals surface area contributed by atoms with Gasteiger partial charge in [-0.1, -0.05) is 0 Å². The summed E-state index contributed by atoms with van der Waals surface area (Å²) in [7, 11) is 0. The molecule has 2 aromatic rings. The first-order valence-electron chi connectivity index (χ1n) is 6.67. The van der Waals surface area contributed by atoms with E-state index in [-0.39, 0.29) is 12.3 Å². The van der Waals surface area contributed by atoms with E-state index in [0.717, 1.165) is 9.40 Å². The first kappa shape index (κ1) is 14.5. The zero-order chi connectivity index (χ0) is 14.9. The van der Waals surface area contributed by atoms with E-state index in [1.807, 2.05) is 17.5 Å². The Bertz CT molecular complexity index is 641. The van der Waals surface area contributed by atoms with Crippen LogP contribution in [0.4, 0.5) is 0 Å². The van der Waals surface area contributed by atoms with Gasteiger partial charge in [0.2, 0.25) is 0 Å². The number of hydrogen-bond acceptors (Lipinski definition) is 5. The van der Waals surface area contributed by atoms with Crippen molar-refractivity contribution in [2.45, 2.75) is 24.8 Å². The molecule has 0 saturated carbocycles. The Morgan fingerprint density at radius 3 is 2.76 bits per heavy atom. The van der Waals surface area contributed by atoms with Gasteiger partial charge in [-0.15, -0.1) is 22.7 Å². The van der Waals surface area contributed by atoms with Crippen molar-refractivity contribution in [3.05, 3.63) is 22.4 Å². The van der Waals surface area contributed by atoms with E-state index in [1.54, 1.807) is 11.3 Å². The number of thiophene rings is 2. The highest BCUT2D eigenvalue weighted by molar-refractivity contribution is 7.27. The molecule has 0 spiro atoms. The van der Waals surface area contributed by atoms with Gasteiger partial charge in [-0.05, 0) is 30.4 Å². The molecule has 1 aliphatic heterocycles. The third-order valence-corrected chi connectivity index (χ3v) is 5.77. The Morgan fingerprint density at radius 1 is 1.33 bits per heavy atom. The van der Waals surface area contributed by atoms with Crippen LogP contribution in [-0.4, -0.2) is 35.7 Å². The molecule has 112 valence electrons. The highest BCUT2D eigenvalue weighted by atomic mass is 32.1. The standard InChI is InChI=1S/C14H15NO4S2/c16-12(17)8-14(2-4-19-5-3-14)15-13(18)11-7-10-9(21-11)1-6-20-10/h1,6-7H,2-5,8H2,(H,15,18)(H,16,17). The predicted molar refractivity (Wildman–Crippen MR) is 82.2 cm³/mol. The number of carbonyl (C=O) groups is 2. The van der Waals surface area contributed by atoms with E-state index < -0.39 is 11.5 Å². The number of amides is 1. The molecule has 0 bridgehead atoms. The average Bonchev–Trinajstić information content (AvgIpc) is 2.99. The summed E-state index contributed by atoms with van der Waals surface area (Å²) in [6.07, 6.45) is 0.997. The molecule has 21 heavy (non-hydrogen) atoms. The number of rotatable bonds is 4. The van der Waals surface area contributed by atoms with Gasteiger partial charge in [0.1, 0.15) is 0 Å². The SMILES string of the molecule is O=C(O)CC1(NC(=O)c2cc3sccc3s2)CCOCC1. The van der Waals surface area contributed by atoms with Crippen LogP contribution in [0.3, 0.4) is 0 Å². The molecule has 0 radical (unpaired) electrons. The zero-order valence-electron chi connectivity index (χ0n) is 11.3. The Morgan fingerprint density at radius 2 is 2.10 bits per heavy atom. The Labute approximate surface area is 129 Å². The number of nitrogens with one attached hydrogen (secondary N) is 1. The fourth-order valence-corrected chi connectivity index (χ4v) is 4.58. The predicted octanol–water partition coefficient (Wildman–Crippen LogP) is 2.72. The lowest BCUT2D eigenvalue weighted by molar-refractivity contribution is -0.139. The second kappa shape index (κ2) is 5.75. The van der Waals surface area contributed by atoms with Gasteiger partial charge < -0.3 is 15.2 Å². The van der Waals surface area contributed by atoms with Gasteiger partial charge in [-0.3, -0.25) is 9.59 Å². The summed E-state index contributed by atoms with van der Waals surface area (Å²) >= 11 is 3.04. The lowest BCUT2D eigenvalue weighted by Gasteiger charge is -2.36. The van der Waals surface area contributed by atoms with Crippen molar-refractivity contribution in [1.82, 2.24) is 5.32 Å². The minimum absolute atomic E-state index is 0.0676. The van der Waals surface area contributed by atoms with Crippen LogP contribution in [0.1, 0.15) is 28.9 Å². The average molecular weight is 325 g/mol. The van der Waals surface area contributed by atoms with Crippen molar-refractivity contribution >= 4 is 43.9 Å². The Hall–Kier alpha value is -1.44. The fourth-order valence-electron chi connectivity index (χ4n) is 2.58. The molecule has 1 saturated heterocycles. The lowest BCUT2D eigenvalue weighted by Crippen LogP contribution is -2.53. The van der Waals surface area contributed by atoms with E-state index in [0.29, 0.717) is 30.9 Å². The smallest absolute Gasteiger partial charge is 0.305 e. The van der Waals surface area contributed by atoms with Crippen molar-refractivity contribution in [2.24, 2.45) is 0 Å². The largest absolute Gasteiger partial charge is 0.481 e. The highest BCUT2D eigenvalue weighted by Gasteiger charge is 2.36. The normalized spacial score (nSPS) is 17.7. The number of carbonyl (C=O) groups excluding carboxylic acids is 1. The summed E-state index contributed by atoms with van der Waals surface area (Å²) < 4.78 is 7.46. The van der Waals surface area contributed by atoms with Gasteiger partial charge in [-0.25, -0.2) is 0 Å². The van der Waals surface area contributed by atoms with Crippen LogP contribution >= 0.6 is 22.7 Å². The number of ether oxygens (including phenoxy) is 1. The second-order valence-electron chi connectivity index (χ2n) is 5.18. The Kier molecular flexibility index (Phi) is 3.97. The van der Waals surface area contributed by atoms with Crippen LogP contribution in [0, 0.1) is 0 Å². The molecule has 1 amide bonds. The molecule has 0 atom stereocenters. The van der Waals surface area contributed by atoms with E-state index in [2.05, 4.69) is 5.32 Å². The molecule has 0 aliphatic carbocycles. The summed E-state index contributed by atoms with van der Waals surface area (Å²) in [6, 6.07) is 3.86. The Balaban J connectivity index is 1.79. The second-order valence-corrected chi connectivity index (χ2v) is 7.21. The fraction of sp³-hybridized carbons (Fsp3) is 0.429. The van der Waals surface area contributed by atoms with E-state index in [4.69, 9.17) is 9.84 Å². The number of aliphatic carboxylic acids is 1.